The van der Waals surface area contributed by atoms with Gasteiger partial charge in [0, 0.05) is 18.0 Å². The van der Waals surface area contributed by atoms with Crippen LogP contribution in [0.1, 0.15) is 40.0 Å². The van der Waals surface area contributed by atoms with Crippen LogP contribution < -0.4 is 0 Å². The van der Waals surface area contributed by atoms with Crippen molar-refractivity contribution in [1.29, 1.82) is 0 Å². The molecule has 1 saturated heterocycles. The van der Waals surface area contributed by atoms with E-state index >= 15 is 0 Å². The molecule has 0 bridgehead atoms. The van der Waals surface area contributed by atoms with Crippen molar-refractivity contribution in [3.8, 4) is 0 Å². The van der Waals surface area contributed by atoms with E-state index in [9.17, 15) is 10.2 Å². The predicted octanol–water partition coefficient (Wildman–Crippen LogP) is 1.24. The van der Waals surface area contributed by atoms with Crippen LogP contribution in [0.2, 0.25) is 0 Å². The maximum absolute atomic E-state index is 9.68. The largest absolute Gasteiger partial charge is 0.395 e. The minimum absolute atomic E-state index is 0.0925. The third-order valence-electron chi connectivity index (χ3n) is 3.70. The fourth-order valence-corrected chi connectivity index (χ4v) is 2.13. The second-order valence-electron chi connectivity index (χ2n) is 5.47. The molecule has 90 valence electrons. The molecule has 2 N–H and O–H groups in total. The molecular formula is C12H25NO2. The fraction of sp³-hybridized carbons (Fsp3) is 1.00. The van der Waals surface area contributed by atoms with Crippen molar-refractivity contribution in [2.45, 2.75) is 52.2 Å². The Morgan fingerprint density at radius 3 is 2.60 bits per heavy atom. The second kappa shape index (κ2) is 5.28. The summed E-state index contributed by atoms with van der Waals surface area (Å²) in [5, 5.41) is 19.0. The van der Waals surface area contributed by atoms with Gasteiger partial charge in [0.1, 0.15) is 0 Å². The molecule has 0 saturated carbocycles. The average molecular weight is 215 g/mol. The van der Waals surface area contributed by atoms with Crippen LogP contribution in [-0.2, 0) is 0 Å². The molecule has 0 amide bonds. The number of aliphatic hydroxyl groups excluding tert-OH is 2. The van der Waals surface area contributed by atoms with Gasteiger partial charge in [-0.15, -0.1) is 0 Å². The number of aliphatic hydroxyl groups is 2. The number of nitrogens with zero attached hydrogens (tertiary/aromatic N) is 1. The number of piperidine rings is 1. The summed E-state index contributed by atoms with van der Waals surface area (Å²) in [6.45, 7) is 8.19. The Bertz CT molecular complexity index is 192. The van der Waals surface area contributed by atoms with E-state index in [1.165, 1.54) is 12.8 Å². The van der Waals surface area contributed by atoms with Crippen LogP contribution in [-0.4, -0.2) is 47.0 Å². The van der Waals surface area contributed by atoms with Gasteiger partial charge in [0.2, 0.25) is 0 Å². The highest BCUT2D eigenvalue weighted by Crippen LogP contribution is 2.26. The minimum atomic E-state index is -0.307. The summed E-state index contributed by atoms with van der Waals surface area (Å²) in [5.41, 5.74) is -0.0925. The highest BCUT2D eigenvalue weighted by atomic mass is 16.3. The Morgan fingerprint density at radius 2 is 2.07 bits per heavy atom. The van der Waals surface area contributed by atoms with Gasteiger partial charge in [-0.3, -0.25) is 4.90 Å². The quantitative estimate of drug-likeness (QED) is 0.741. The van der Waals surface area contributed by atoms with Gasteiger partial charge in [0.15, 0.2) is 0 Å². The van der Waals surface area contributed by atoms with Crippen LogP contribution >= 0.6 is 0 Å². The van der Waals surface area contributed by atoms with E-state index in [-0.39, 0.29) is 18.1 Å². The zero-order valence-corrected chi connectivity index (χ0v) is 10.2. The lowest BCUT2D eigenvalue weighted by atomic mass is 9.85. The van der Waals surface area contributed by atoms with Crippen molar-refractivity contribution < 1.29 is 10.2 Å². The second-order valence-corrected chi connectivity index (χ2v) is 5.47. The lowest BCUT2D eigenvalue weighted by Gasteiger charge is -2.41. The molecule has 15 heavy (non-hydrogen) atoms. The summed E-state index contributed by atoms with van der Waals surface area (Å²) in [4.78, 5) is 2.33. The summed E-state index contributed by atoms with van der Waals surface area (Å²) in [6, 6.07) is 0.303. The summed E-state index contributed by atoms with van der Waals surface area (Å²) < 4.78 is 0. The van der Waals surface area contributed by atoms with Gasteiger partial charge in [0.25, 0.3) is 0 Å². The molecule has 3 heteroatoms. The van der Waals surface area contributed by atoms with E-state index in [1.54, 1.807) is 0 Å². The monoisotopic (exact) mass is 215 g/mol. The maximum Gasteiger partial charge on any atom is 0.0586 e. The first-order valence-electron chi connectivity index (χ1n) is 6.00. The Labute approximate surface area is 93.1 Å². The molecule has 0 aromatic rings. The highest BCUT2D eigenvalue weighted by Gasteiger charge is 2.31. The number of hydrogen-bond donors (Lipinski definition) is 2. The van der Waals surface area contributed by atoms with E-state index in [0.717, 1.165) is 19.5 Å². The van der Waals surface area contributed by atoms with Crippen molar-refractivity contribution in [2.75, 3.05) is 19.7 Å². The SMILES string of the molecule is CC(O)C(C)(C)CN1CCCCC1CO. The minimum Gasteiger partial charge on any atom is -0.395 e. The lowest BCUT2D eigenvalue weighted by Crippen LogP contribution is -2.48. The van der Waals surface area contributed by atoms with Crippen molar-refractivity contribution in [2.24, 2.45) is 5.41 Å². The molecule has 2 unspecified atom stereocenters. The summed E-state index contributed by atoms with van der Waals surface area (Å²) in [6.07, 6.45) is 3.22. The fourth-order valence-electron chi connectivity index (χ4n) is 2.13. The maximum atomic E-state index is 9.68. The molecule has 3 nitrogen and oxygen atoms in total. The molecule has 1 aliphatic rings. The molecule has 1 fully saturated rings. The van der Waals surface area contributed by atoms with Gasteiger partial charge < -0.3 is 10.2 Å². The lowest BCUT2D eigenvalue weighted by molar-refractivity contribution is 0.000704. The molecule has 1 aliphatic heterocycles. The molecule has 0 aromatic heterocycles. The first-order valence-corrected chi connectivity index (χ1v) is 6.00. The van der Waals surface area contributed by atoms with Crippen molar-refractivity contribution in [3.05, 3.63) is 0 Å². The summed E-state index contributed by atoms with van der Waals surface area (Å²) in [5.74, 6) is 0. The van der Waals surface area contributed by atoms with Crippen LogP contribution in [0.25, 0.3) is 0 Å². The van der Waals surface area contributed by atoms with Crippen LogP contribution in [0.5, 0.6) is 0 Å². The van der Waals surface area contributed by atoms with Gasteiger partial charge >= 0.3 is 0 Å². The van der Waals surface area contributed by atoms with Crippen molar-refractivity contribution in [1.82, 2.24) is 4.90 Å². The van der Waals surface area contributed by atoms with Gasteiger partial charge in [0.05, 0.1) is 12.7 Å². The Morgan fingerprint density at radius 1 is 1.40 bits per heavy atom. The zero-order valence-electron chi connectivity index (χ0n) is 10.2. The smallest absolute Gasteiger partial charge is 0.0586 e. The molecule has 0 aliphatic carbocycles. The molecule has 0 radical (unpaired) electrons. The van der Waals surface area contributed by atoms with Crippen LogP contribution in [0, 0.1) is 5.41 Å². The van der Waals surface area contributed by atoms with E-state index in [1.807, 2.05) is 6.92 Å². The van der Waals surface area contributed by atoms with Gasteiger partial charge in [-0.1, -0.05) is 20.3 Å². The van der Waals surface area contributed by atoms with E-state index in [4.69, 9.17) is 0 Å². The van der Waals surface area contributed by atoms with Gasteiger partial charge in [-0.2, -0.15) is 0 Å². The van der Waals surface area contributed by atoms with Crippen molar-refractivity contribution in [3.63, 3.8) is 0 Å². The first-order chi connectivity index (χ1) is 6.97. The molecule has 0 aromatic carbocycles. The molecule has 0 spiro atoms. The number of rotatable bonds is 4. The van der Waals surface area contributed by atoms with E-state index < -0.39 is 0 Å². The number of hydrogen-bond acceptors (Lipinski definition) is 3. The third kappa shape index (κ3) is 3.44. The molecular weight excluding hydrogens is 190 g/mol. The predicted molar refractivity (Wildman–Crippen MR) is 61.8 cm³/mol. The Balaban J connectivity index is 2.54. The van der Waals surface area contributed by atoms with Crippen molar-refractivity contribution >= 4 is 0 Å². The normalized spacial score (nSPS) is 26.6. The van der Waals surface area contributed by atoms with Crippen LogP contribution in [0.15, 0.2) is 0 Å². The first kappa shape index (κ1) is 12.9. The Hall–Kier alpha value is -0.120. The van der Waals surface area contributed by atoms with Crippen LogP contribution in [0.3, 0.4) is 0 Å². The topological polar surface area (TPSA) is 43.7 Å². The molecule has 1 rings (SSSR count). The average Bonchev–Trinajstić information content (AvgIpc) is 2.18. The van der Waals surface area contributed by atoms with Gasteiger partial charge in [-0.05, 0) is 26.3 Å². The molecule has 2 atom stereocenters. The summed E-state index contributed by atoms with van der Waals surface area (Å²) >= 11 is 0. The number of likely N-dealkylation sites (tertiary alicyclic amines) is 1. The standard InChI is InChI=1S/C12H25NO2/c1-10(15)12(2,3)9-13-7-5-4-6-11(13)8-14/h10-11,14-15H,4-9H2,1-3H3. The highest BCUT2D eigenvalue weighted by molar-refractivity contribution is 4.84. The van der Waals surface area contributed by atoms with E-state index in [2.05, 4.69) is 18.7 Å². The Kier molecular flexibility index (Phi) is 4.56. The van der Waals surface area contributed by atoms with Gasteiger partial charge in [-0.25, -0.2) is 0 Å². The van der Waals surface area contributed by atoms with Crippen LogP contribution in [0.4, 0.5) is 0 Å². The van der Waals surface area contributed by atoms with E-state index in [0.29, 0.717) is 6.04 Å². The zero-order chi connectivity index (χ0) is 11.5. The third-order valence-corrected chi connectivity index (χ3v) is 3.70. The molecule has 1 heterocycles. The summed E-state index contributed by atoms with van der Waals surface area (Å²) in [7, 11) is 0.